The summed E-state index contributed by atoms with van der Waals surface area (Å²) >= 11 is 0. The van der Waals surface area contributed by atoms with Gasteiger partial charge in [-0.05, 0) is 43.2 Å². The van der Waals surface area contributed by atoms with E-state index >= 15 is 0 Å². The molecule has 2 rings (SSSR count). The largest absolute Gasteiger partial charge is 0.493 e. The second-order valence-electron chi connectivity index (χ2n) is 5.34. The van der Waals surface area contributed by atoms with Crippen LogP contribution in [0.4, 0.5) is 0 Å². The van der Waals surface area contributed by atoms with Crippen LogP contribution in [0, 0.1) is 6.92 Å². The van der Waals surface area contributed by atoms with Crippen LogP contribution in [0.3, 0.4) is 0 Å². The number of rotatable bonds is 7. The van der Waals surface area contributed by atoms with Crippen LogP contribution in [0.25, 0.3) is 0 Å². The minimum absolute atomic E-state index is 0.294. The van der Waals surface area contributed by atoms with E-state index in [1.54, 1.807) is 39.3 Å². The number of carbonyl (C=O) groups excluding carboxylic acids is 2. The van der Waals surface area contributed by atoms with Gasteiger partial charge in [-0.15, -0.1) is 0 Å². The molecular formula is C18H21N3O5. The molecule has 0 unspecified atom stereocenters. The van der Waals surface area contributed by atoms with Gasteiger partial charge in [0, 0.05) is 6.54 Å². The molecule has 0 fully saturated rings. The zero-order chi connectivity index (χ0) is 18.9. The quantitative estimate of drug-likeness (QED) is 0.442. The van der Waals surface area contributed by atoms with Gasteiger partial charge in [-0.25, -0.2) is 5.43 Å². The van der Waals surface area contributed by atoms with Crippen molar-refractivity contribution in [3.63, 3.8) is 0 Å². The Bertz CT molecular complexity index is 798. The summed E-state index contributed by atoms with van der Waals surface area (Å²) in [5, 5.41) is 6.20. The SMILES string of the molecule is COc1ccc(CCNC(=O)C(=O)NN=Cc2ccc(C)o2)cc1OC. The molecule has 2 N–H and O–H groups in total. The molecular weight excluding hydrogens is 338 g/mol. The first-order valence-electron chi connectivity index (χ1n) is 7.92. The van der Waals surface area contributed by atoms with Crippen molar-refractivity contribution in [2.75, 3.05) is 20.8 Å². The van der Waals surface area contributed by atoms with Crippen LogP contribution in [0.5, 0.6) is 11.5 Å². The number of aryl methyl sites for hydroxylation is 1. The Hall–Kier alpha value is -3.29. The minimum atomic E-state index is -0.850. The third-order valence-electron chi connectivity index (χ3n) is 3.47. The average Bonchev–Trinajstić information content (AvgIpc) is 3.06. The van der Waals surface area contributed by atoms with Crippen LogP contribution < -0.4 is 20.2 Å². The van der Waals surface area contributed by atoms with Gasteiger partial charge in [-0.1, -0.05) is 6.07 Å². The van der Waals surface area contributed by atoms with Gasteiger partial charge in [0.2, 0.25) is 0 Å². The lowest BCUT2D eigenvalue weighted by molar-refractivity contribution is -0.139. The summed E-state index contributed by atoms with van der Waals surface area (Å²) in [6.45, 7) is 2.09. The molecule has 0 saturated heterocycles. The lowest BCUT2D eigenvalue weighted by atomic mass is 10.1. The number of benzene rings is 1. The topological polar surface area (TPSA) is 102 Å². The van der Waals surface area contributed by atoms with Gasteiger partial charge in [0.25, 0.3) is 0 Å². The number of amides is 2. The van der Waals surface area contributed by atoms with Crippen molar-refractivity contribution in [3.8, 4) is 11.5 Å². The summed E-state index contributed by atoms with van der Waals surface area (Å²) in [5.74, 6) is 0.832. The third kappa shape index (κ3) is 5.37. The smallest absolute Gasteiger partial charge is 0.329 e. The maximum Gasteiger partial charge on any atom is 0.329 e. The molecule has 1 aromatic carbocycles. The number of ether oxygens (including phenoxy) is 2. The molecule has 0 bridgehead atoms. The highest BCUT2D eigenvalue weighted by atomic mass is 16.5. The number of nitrogens with zero attached hydrogens (tertiary/aromatic N) is 1. The van der Waals surface area contributed by atoms with E-state index < -0.39 is 11.8 Å². The van der Waals surface area contributed by atoms with Crippen LogP contribution in [0.2, 0.25) is 0 Å². The fourth-order valence-corrected chi connectivity index (χ4v) is 2.16. The highest BCUT2D eigenvalue weighted by Crippen LogP contribution is 2.27. The summed E-state index contributed by atoms with van der Waals surface area (Å²) in [6, 6.07) is 8.94. The average molecular weight is 359 g/mol. The molecule has 2 aromatic rings. The highest BCUT2D eigenvalue weighted by Gasteiger charge is 2.12. The summed E-state index contributed by atoms with van der Waals surface area (Å²) in [7, 11) is 3.12. The standard InChI is InChI=1S/C18H21N3O5/c1-12-4-6-14(26-12)11-20-21-18(23)17(22)19-9-8-13-5-7-15(24-2)16(10-13)25-3/h4-7,10-11H,8-9H2,1-3H3,(H,19,22)(H,21,23). The van der Waals surface area contributed by atoms with Crippen molar-refractivity contribution in [2.24, 2.45) is 5.10 Å². The van der Waals surface area contributed by atoms with Gasteiger partial charge in [0.1, 0.15) is 11.5 Å². The normalized spacial score (nSPS) is 10.6. The lowest BCUT2D eigenvalue weighted by Crippen LogP contribution is -2.38. The first-order chi connectivity index (χ1) is 12.5. The van der Waals surface area contributed by atoms with Crippen molar-refractivity contribution in [1.82, 2.24) is 10.7 Å². The van der Waals surface area contributed by atoms with Crippen molar-refractivity contribution in [2.45, 2.75) is 13.3 Å². The predicted molar refractivity (Wildman–Crippen MR) is 95.4 cm³/mol. The molecule has 26 heavy (non-hydrogen) atoms. The molecule has 0 aliphatic heterocycles. The molecule has 0 aliphatic rings. The first-order valence-corrected chi connectivity index (χ1v) is 7.92. The summed E-state index contributed by atoms with van der Waals surface area (Å²) in [5.41, 5.74) is 3.08. The highest BCUT2D eigenvalue weighted by molar-refractivity contribution is 6.35. The van der Waals surface area contributed by atoms with Gasteiger partial charge < -0.3 is 19.2 Å². The number of methoxy groups -OCH3 is 2. The molecule has 2 amide bonds. The molecule has 0 radical (unpaired) electrons. The zero-order valence-corrected chi connectivity index (χ0v) is 14.9. The van der Waals surface area contributed by atoms with E-state index in [-0.39, 0.29) is 0 Å². The molecule has 138 valence electrons. The maximum absolute atomic E-state index is 11.7. The first kappa shape index (κ1) is 19.0. The van der Waals surface area contributed by atoms with Crippen LogP contribution in [0.1, 0.15) is 17.1 Å². The van der Waals surface area contributed by atoms with E-state index in [0.29, 0.717) is 30.2 Å². The molecule has 1 heterocycles. The third-order valence-corrected chi connectivity index (χ3v) is 3.47. The Kier molecular flexibility index (Phi) is 6.78. The summed E-state index contributed by atoms with van der Waals surface area (Å²) < 4.78 is 15.6. The molecule has 8 heteroatoms. The molecule has 0 aliphatic carbocycles. The maximum atomic E-state index is 11.7. The Morgan fingerprint density at radius 2 is 1.88 bits per heavy atom. The summed E-state index contributed by atoms with van der Waals surface area (Å²) in [4.78, 5) is 23.4. The van der Waals surface area contributed by atoms with Crippen LogP contribution in [0.15, 0.2) is 39.9 Å². The monoisotopic (exact) mass is 359 g/mol. The Labute approximate surface area is 151 Å². The number of nitrogens with one attached hydrogen (secondary N) is 2. The molecule has 0 atom stereocenters. The number of hydrogen-bond acceptors (Lipinski definition) is 6. The lowest BCUT2D eigenvalue weighted by Gasteiger charge is -2.09. The van der Waals surface area contributed by atoms with Crippen molar-refractivity contribution in [1.29, 1.82) is 0 Å². The number of hydrogen-bond donors (Lipinski definition) is 2. The van der Waals surface area contributed by atoms with Gasteiger partial charge >= 0.3 is 11.8 Å². The second-order valence-corrected chi connectivity index (χ2v) is 5.34. The minimum Gasteiger partial charge on any atom is -0.493 e. The zero-order valence-electron chi connectivity index (χ0n) is 14.9. The molecule has 0 spiro atoms. The van der Waals surface area contributed by atoms with Gasteiger partial charge in [0.05, 0.1) is 20.4 Å². The molecule has 8 nitrogen and oxygen atoms in total. The molecule has 1 aromatic heterocycles. The van der Waals surface area contributed by atoms with E-state index in [0.717, 1.165) is 11.3 Å². The fraction of sp³-hybridized carbons (Fsp3) is 0.278. The Morgan fingerprint density at radius 1 is 1.12 bits per heavy atom. The van der Waals surface area contributed by atoms with Gasteiger partial charge in [-0.2, -0.15) is 5.10 Å². The van der Waals surface area contributed by atoms with Crippen molar-refractivity contribution in [3.05, 3.63) is 47.4 Å². The number of furan rings is 1. The predicted octanol–water partition coefficient (Wildman–Crippen LogP) is 1.41. The van der Waals surface area contributed by atoms with Gasteiger partial charge in [-0.3, -0.25) is 9.59 Å². The van der Waals surface area contributed by atoms with E-state index in [1.165, 1.54) is 6.21 Å². The number of carbonyl (C=O) groups is 2. The molecule has 0 saturated carbocycles. The van der Waals surface area contributed by atoms with Crippen LogP contribution in [-0.4, -0.2) is 38.8 Å². The summed E-state index contributed by atoms with van der Waals surface area (Å²) in [6.07, 6.45) is 1.86. The van der Waals surface area contributed by atoms with E-state index in [2.05, 4.69) is 15.8 Å². The Morgan fingerprint density at radius 3 is 2.54 bits per heavy atom. The van der Waals surface area contributed by atoms with E-state index in [9.17, 15) is 9.59 Å². The van der Waals surface area contributed by atoms with Crippen molar-refractivity contribution >= 4 is 18.0 Å². The van der Waals surface area contributed by atoms with E-state index in [4.69, 9.17) is 13.9 Å². The number of hydrazone groups is 1. The second kappa shape index (κ2) is 9.26. The van der Waals surface area contributed by atoms with Gasteiger partial charge in [0.15, 0.2) is 11.5 Å². The van der Waals surface area contributed by atoms with E-state index in [1.807, 2.05) is 12.1 Å². The van der Waals surface area contributed by atoms with Crippen LogP contribution in [-0.2, 0) is 16.0 Å². The van der Waals surface area contributed by atoms with Crippen molar-refractivity contribution < 1.29 is 23.5 Å². The fourth-order valence-electron chi connectivity index (χ4n) is 2.16. The Balaban J connectivity index is 1.77. The van der Waals surface area contributed by atoms with Crippen LogP contribution >= 0.6 is 0 Å².